The molecule has 0 aromatic heterocycles. The molecule has 186 valence electrons. The van der Waals surface area contributed by atoms with Crippen LogP contribution in [0.25, 0.3) is 5.57 Å². The molecule has 0 N–H and O–H groups in total. The van der Waals surface area contributed by atoms with Crippen LogP contribution >= 0.6 is 11.6 Å². The van der Waals surface area contributed by atoms with Crippen molar-refractivity contribution in [3.05, 3.63) is 101 Å². The van der Waals surface area contributed by atoms with Gasteiger partial charge in [-0.3, -0.25) is 0 Å². The Labute approximate surface area is 214 Å². The van der Waals surface area contributed by atoms with E-state index >= 15 is 0 Å². The predicted octanol–water partition coefficient (Wildman–Crippen LogP) is 9.52. The molecule has 1 atom stereocenters. The van der Waals surface area contributed by atoms with E-state index in [1.807, 2.05) is 39.8 Å². The van der Waals surface area contributed by atoms with Crippen molar-refractivity contribution in [1.82, 2.24) is 9.80 Å². The number of hydrogen-bond acceptors (Lipinski definition) is 2. The Morgan fingerprint density at radius 3 is 2.41 bits per heavy atom. The minimum Gasteiger partial charge on any atom is -0.355 e. The summed E-state index contributed by atoms with van der Waals surface area (Å²) in [6, 6.07) is 6.30. The van der Waals surface area contributed by atoms with E-state index in [0.717, 1.165) is 36.4 Å². The average molecular weight is 481 g/mol. The van der Waals surface area contributed by atoms with Crippen molar-refractivity contribution in [1.29, 1.82) is 0 Å². The van der Waals surface area contributed by atoms with Crippen LogP contribution in [0.15, 0.2) is 84.5 Å². The smallest absolute Gasteiger partial charge is 0.108 e. The molecule has 3 rings (SSSR count). The molecular weight excluding hydrogens is 436 g/mol. The van der Waals surface area contributed by atoms with E-state index in [0.29, 0.717) is 5.92 Å². The van der Waals surface area contributed by atoms with Crippen LogP contribution in [0.2, 0.25) is 5.02 Å². The van der Waals surface area contributed by atoms with E-state index in [1.165, 1.54) is 33.9 Å². The first-order valence-corrected chi connectivity index (χ1v) is 13.1. The lowest BCUT2D eigenvalue weighted by Crippen LogP contribution is -2.25. The molecule has 2 aliphatic rings. The number of likely N-dealkylation sites (N-methyl/N-ethyl adjacent to an activating group) is 1. The number of benzene rings is 1. The third kappa shape index (κ3) is 7.03. The summed E-state index contributed by atoms with van der Waals surface area (Å²) in [6.45, 7) is 23.5. The maximum Gasteiger partial charge on any atom is 0.108 e. The van der Waals surface area contributed by atoms with E-state index in [4.69, 9.17) is 11.6 Å². The highest BCUT2D eigenvalue weighted by Gasteiger charge is 2.32. The van der Waals surface area contributed by atoms with Crippen LogP contribution < -0.4 is 0 Å². The monoisotopic (exact) mass is 480 g/mol. The molecule has 1 unspecified atom stereocenters. The van der Waals surface area contributed by atoms with Gasteiger partial charge in [0.2, 0.25) is 0 Å². The van der Waals surface area contributed by atoms with Gasteiger partial charge in [-0.2, -0.15) is 0 Å². The van der Waals surface area contributed by atoms with Gasteiger partial charge in [0, 0.05) is 24.4 Å². The second-order valence-corrected chi connectivity index (χ2v) is 8.63. The summed E-state index contributed by atoms with van der Waals surface area (Å²) in [7, 11) is 2.14. The van der Waals surface area contributed by atoms with Crippen LogP contribution in [-0.2, 0) is 0 Å². The third-order valence-corrected chi connectivity index (χ3v) is 6.55. The van der Waals surface area contributed by atoms with Gasteiger partial charge < -0.3 is 9.80 Å². The van der Waals surface area contributed by atoms with Gasteiger partial charge in [-0.1, -0.05) is 88.9 Å². The van der Waals surface area contributed by atoms with Gasteiger partial charge in [-0.25, -0.2) is 0 Å². The van der Waals surface area contributed by atoms with Crippen LogP contribution in [0.5, 0.6) is 0 Å². The summed E-state index contributed by atoms with van der Waals surface area (Å²) in [5.41, 5.74) is 7.32. The minimum atomic E-state index is 0.422. The zero-order valence-electron chi connectivity index (χ0n) is 22.7. The van der Waals surface area contributed by atoms with Gasteiger partial charge in [0.15, 0.2) is 0 Å². The van der Waals surface area contributed by atoms with Crippen LogP contribution in [0.1, 0.15) is 71.9 Å². The normalized spacial score (nSPS) is 20.3. The summed E-state index contributed by atoms with van der Waals surface area (Å²) in [4.78, 5) is 4.64. The van der Waals surface area contributed by atoms with Crippen molar-refractivity contribution in [2.24, 2.45) is 5.92 Å². The van der Waals surface area contributed by atoms with Gasteiger partial charge in [0.05, 0.1) is 11.6 Å². The summed E-state index contributed by atoms with van der Waals surface area (Å²) in [5, 5.41) is 0.882. The lowest BCUT2D eigenvalue weighted by molar-refractivity contribution is 0.385. The van der Waals surface area contributed by atoms with Crippen LogP contribution in [0.4, 0.5) is 0 Å². The molecule has 1 saturated heterocycles. The van der Waals surface area contributed by atoms with Gasteiger partial charge in [-0.05, 0) is 74.5 Å². The summed E-state index contributed by atoms with van der Waals surface area (Å²) >= 11 is 6.58. The average Bonchev–Trinajstić information content (AvgIpc) is 3.17. The number of hydrogen-bond donors (Lipinski definition) is 0. The van der Waals surface area contributed by atoms with E-state index in [9.17, 15) is 0 Å². The Balaban J connectivity index is 0.00000137. The second kappa shape index (κ2) is 14.7. The number of rotatable bonds is 5. The van der Waals surface area contributed by atoms with Crippen LogP contribution in [-0.4, -0.2) is 23.4 Å². The van der Waals surface area contributed by atoms with Crippen LogP contribution in [0, 0.1) is 12.8 Å². The number of allylic oxidation sites excluding steroid dienone is 8. The molecule has 0 amide bonds. The first-order valence-electron chi connectivity index (χ1n) is 12.7. The molecule has 1 aliphatic carbocycles. The van der Waals surface area contributed by atoms with Crippen molar-refractivity contribution >= 4 is 17.2 Å². The Morgan fingerprint density at radius 2 is 1.85 bits per heavy atom. The van der Waals surface area contributed by atoms with Crippen molar-refractivity contribution in [3.63, 3.8) is 0 Å². The summed E-state index contributed by atoms with van der Waals surface area (Å²) in [6.07, 6.45) is 13.8. The Morgan fingerprint density at radius 1 is 1.18 bits per heavy atom. The lowest BCUT2D eigenvalue weighted by Gasteiger charge is -2.32. The van der Waals surface area contributed by atoms with Crippen LogP contribution in [0.3, 0.4) is 0 Å². The SMILES string of the molecule is C=C/C=C(C)\C=C1\CN(C)/C(=C\C)N1C(=C)C1CC=C(c2cccc(C)c2Cl)CC1.CC.CC. The Bertz CT molecular complexity index is 962. The van der Waals surface area contributed by atoms with E-state index in [-0.39, 0.29) is 0 Å². The van der Waals surface area contributed by atoms with Crippen molar-refractivity contribution < 1.29 is 0 Å². The fourth-order valence-corrected chi connectivity index (χ4v) is 4.71. The van der Waals surface area contributed by atoms with E-state index < -0.39 is 0 Å². The van der Waals surface area contributed by atoms with Crippen molar-refractivity contribution in [2.75, 3.05) is 13.6 Å². The Kier molecular flexibility index (Phi) is 12.8. The highest BCUT2D eigenvalue weighted by molar-refractivity contribution is 6.33. The molecule has 0 saturated carbocycles. The first kappa shape index (κ1) is 29.6. The van der Waals surface area contributed by atoms with Crippen molar-refractivity contribution in [3.8, 4) is 0 Å². The highest BCUT2D eigenvalue weighted by atomic mass is 35.5. The van der Waals surface area contributed by atoms with E-state index in [1.54, 1.807) is 0 Å². The topological polar surface area (TPSA) is 6.48 Å². The van der Waals surface area contributed by atoms with Gasteiger partial charge in [0.25, 0.3) is 0 Å². The predicted molar refractivity (Wildman–Crippen MR) is 154 cm³/mol. The molecule has 34 heavy (non-hydrogen) atoms. The van der Waals surface area contributed by atoms with Gasteiger partial charge in [-0.15, -0.1) is 0 Å². The second-order valence-electron chi connectivity index (χ2n) is 8.25. The molecule has 1 aromatic rings. The molecule has 1 heterocycles. The summed E-state index contributed by atoms with van der Waals surface area (Å²) in [5.74, 6) is 1.63. The number of nitrogens with zero attached hydrogens (tertiary/aromatic N) is 2. The zero-order chi connectivity index (χ0) is 25.8. The number of halogens is 1. The first-order chi connectivity index (χ1) is 16.4. The largest absolute Gasteiger partial charge is 0.355 e. The molecule has 0 spiro atoms. The fourth-order valence-electron chi connectivity index (χ4n) is 4.46. The lowest BCUT2D eigenvalue weighted by atomic mass is 9.84. The molecule has 2 nitrogen and oxygen atoms in total. The Hall–Kier alpha value is -2.45. The third-order valence-electron chi connectivity index (χ3n) is 6.05. The van der Waals surface area contributed by atoms with Gasteiger partial charge >= 0.3 is 0 Å². The molecule has 1 fully saturated rings. The standard InChI is InChI=1S/C27H33ClN2.2C2H6/c1-7-10-19(3)17-24-18-29(6)26(8-2)30(24)21(5)22-13-15-23(16-14-22)25-12-9-11-20(4)27(25)28;2*1-2/h7-12,15,17,22H,1,5,13-14,16,18H2,2-4,6H3;2*1-2H3/b19-10-,24-17-,26-8+;;. The summed E-state index contributed by atoms with van der Waals surface area (Å²) < 4.78 is 0. The zero-order valence-corrected chi connectivity index (χ0v) is 23.5. The maximum atomic E-state index is 6.58. The molecule has 0 radical (unpaired) electrons. The minimum absolute atomic E-state index is 0.422. The van der Waals surface area contributed by atoms with E-state index in [2.05, 4.69) is 87.2 Å². The molecule has 3 heteroatoms. The highest BCUT2D eigenvalue weighted by Crippen LogP contribution is 2.41. The quantitative estimate of drug-likeness (QED) is 0.387. The maximum absolute atomic E-state index is 6.58. The molecule has 0 bridgehead atoms. The van der Waals surface area contributed by atoms with Gasteiger partial charge in [0.1, 0.15) is 5.82 Å². The molecule has 1 aromatic carbocycles. The van der Waals surface area contributed by atoms with Crippen molar-refractivity contribution in [2.45, 2.75) is 67.7 Å². The number of aryl methyl sites for hydroxylation is 1. The molecular formula is C31H45ClN2. The molecule has 1 aliphatic heterocycles. The fraction of sp³-hybridized carbons (Fsp3) is 0.419.